The summed E-state index contributed by atoms with van der Waals surface area (Å²) >= 11 is 0. The van der Waals surface area contributed by atoms with E-state index in [2.05, 4.69) is 10.6 Å². The maximum absolute atomic E-state index is 12.3. The fraction of sp³-hybridized carbons (Fsp3) is 0.526. The van der Waals surface area contributed by atoms with E-state index in [-0.39, 0.29) is 25.0 Å². The Labute approximate surface area is 155 Å². The van der Waals surface area contributed by atoms with Gasteiger partial charge in [-0.05, 0) is 25.3 Å². The smallest absolute Gasteiger partial charge is 0.408 e. The summed E-state index contributed by atoms with van der Waals surface area (Å²) in [7, 11) is 0. The molecule has 26 heavy (non-hydrogen) atoms. The molecule has 1 rings (SSSR count). The van der Waals surface area contributed by atoms with Crippen molar-refractivity contribution in [2.75, 3.05) is 19.6 Å². The highest BCUT2D eigenvalue weighted by Gasteiger charge is 2.25. The van der Waals surface area contributed by atoms with Crippen LogP contribution in [0.25, 0.3) is 0 Å². The summed E-state index contributed by atoms with van der Waals surface area (Å²) in [6, 6.07) is 8.50. The summed E-state index contributed by atoms with van der Waals surface area (Å²) in [4.78, 5) is 37.9. The molecule has 0 bridgehead atoms. The number of nitrogens with zero attached hydrogens (tertiary/aromatic N) is 1. The fourth-order valence-corrected chi connectivity index (χ4v) is 2.39. The molecule has 0 radical (unpaired) electrons. The Morgan fingerprint density at radius 2 is 1.69 bits per heavy atom. The summed E-state index contributed by atoms with van der Waals surface area (Å²) in [6.45, 7) is 8.59. The number of rotatable bonds is 9. The number of benzene rings is 1. The van der Waals surface area contributed by atoms with Crippen LogP contribution in [0.1, 0.15) is 33.3 Å². The van der Waals surface area contributed by atoms with Crippen molar-refractivity contribution in [1.29, 1.82) is 0 Å². The van der Waals surface area contributed by atoms with E-state index >= 15 is 0 Å². The van der Waals surface area contributed by atoms with Crippen LogP contribution in [0.3, 0.4) is 0 Å². The molecule has 1 aromatic rings. The first-order valence-electron chi connectivity index (χ1n) is 8.91. The molecule has 7 heteroatoms. The van der Waals surface area contributed by atoms with Gasteiger partial charge in [-0.3, -0.25) is 9.59 Å². The van der Waals surface area contributed by atoms with Crippen LogP contribution in [0.2, 0.25) is 0 Å². The molecule has 0 aliphatic carbocycles. The number of hydrogen-bond donors (Lipinski definition) is 2. The van der Waals surface area contributed by atoms with Gasteiger partial charge in [-0.2, -0.15) is 0 Å². The van der Waals surface area contributed by atoms with E-state index < -0.39 is 18.0 Å². The molecule has 1 atom stereocenters. The van der Waals surface area contributed by atoms with Crippen molar-refractivity contribution in [2.45, 2.75) is 40.3 Å². The molecule has 0 fully saturated rings. The molecular formula is C19H29N3O4. The van der Waals surface area contributed by atoms with Gasteiger partial charge in [0, 0.05) is 13.1 Å². The van der Waals surface area contributed by atoms with Gasteiger partial charge in [0.2, 0.25) is 11.8 Å². The fourth-order valence-electron chi connectivity index (χ4n) is 2.39. The van der Waals surface area contributed by atoms with Crippen molar-refractivity contribution in [2.24, 2.45) is 5.92 Å². The number of ether oxygens (including phenoxy) is 1. The molecule has 1 aromatic carbocycles. The lowest BCUT2D eigenvalue weighted by Gasteiger charge is -2.23. The van der Waals surface area contributed by atoms with Gasteiger partial charge in [0.05, 0.1) is 6.54 Å². The van der Waals surface area contributed by atoms with Crippen molar-refractivity contribution >= 4 is 17.9 Å². The summed E-state index contributed by atoms with van der Waals surface area (Å²) in [6.07, 6.45) is -0.669. The van der Waals surface area contributed by atoms with E-state index in [0.29, 0.717) is 13.1 Å². The van der Waals surface area contributed by atoms with E-state index in [9.17, 15) is 14.4 Å². The third-order valence-electron chi connectivity index (χ3n) is 3.97. The van der Waals surface area contributed by atoms with Gasteiger partial charge in [-0.1, -0.05) is 44.2 Å². The highest BCUT2D eigenvalue weighted by molar-refractivity contribution is 5.89. The normalized spacial score (nSPS) is 11.6. The first-order valence-corrected chi connectivity index (χ1v) is 8.91. The Morgan fingerprint density at radius 3 is 2.23 bits per heavy atom. The number of alkyl carbamates (subject to hydrolysis) is 1. The lowest BCUT2D eigenvalue weighted by Crippen LogP contribution is -2.51. The Bertz CT molecular complexity index is 586. The summed E-state index contributed by atoms with van der Waals surface area (Å²) in [5.41, 5.74) is 0.859. The van der Waals surface area contributed by atoms with Gasteiger partial charge in [-0.25, -0.2) is 4.79 Å². The number of hydrogen-bond acceptors (Lipinski definition) is 4. The van der Waals surface area contributed by atoms with Gasteiger partial charge in [-0.15, -0.1) is 0 Å². The number of carbonyl (C=O) groups is 3. The predicted octanol–water partition coefficient (Wildman–Crippen LogP) is 1.92. The van der Waals surface area contributed by atoms with Crippen LogP contribution in [-0.2, 0) is 20.9 Å². The second-order valence-corrected chi connectivity index (χ2v) is 6.21. The molecule has 0 aliphatic heterocycles. The van der Waals surface area contributed by atoms with Crippen LogP contribution in [0.15, 0.2) is 30.3 Å². The van der Waals surface area contributed by atoms with Crippen LogP contribution >= 0.6 is 0 Å². The van der Waals surface area contributed by atoms with Crippen LogP contribution in [-0.4, -0.2) is 48.5 Å². The molecule has 3 amide bonds. The van der Waals surface area contributed by atoms with E-state index in [0.717, 1.165) is 5.56 Å². The molecule has 0 aromatic heterocycles. The molecule has 144 valence electrons. The number of amides is 3. The van der Waals surface area contributed by atoms with Crippen molar-refractivity contribution in [1.82, 2.24) is 15.5 Å². The predicted molar refractivity (Wildman–Crippen MR) is 99.3 cm³/mol. The highest BCUT2D eigenvalue weighted by atomic mass is 16.5. The van der Waals surface area contributed by atoms with Gasteiger partial charge < -0.3 is 20.3 Å². The topological polar surface area (TPSA) is 87.7 Å². The molecule has 2 N–H and O–H groups in total. The van der Waals surface area contributed by atoms with Gasteiger partial charge >= 0.3 is 6.09 Å². The SMILES string of the molecule is CCN(CC)C(=O)CNC(=O)[C@@H](NC(=O)OCc1ccccc1)C(C)C. The summed E-state index contributed by atoms with van der Waals surface area (Å²) in [5, 5.41) is 5.16. The van der Waals surface area contributed by atoms with E-state index in [1.807, 2.05) is 58.0 Å². The van der Waals surface area contributed by atoms with Gasteiger partial charge in [0.25, 0.3) is 0 Å². The van der Waals surface area contributed by atoms with E-state index in [4.69, 9.17) is 4.74 Å². The molecule has 7 nitrogen and oxygen atoms in total. The second kappa shape index (κ2) is 11.1. The lowest BCUT2D eigenvalue weighted by atomic mass is 10.0. The van der Waals surface area contributed by atoms with Crippen LogP contribution in [0.5, 0.6) is 0 Å². The minimum absolute atomic E-state index is 0.0928. The number of nitrogens with one attached hydrogen (secondary N) is 2. The zero-order valence-corrected chi connectivity index (χ0v) is 16.0. The maximum atomic E-state index is 12.3. The third-order valence-corrected chi connectivity index (χ3v) is 3.97. The Kier molecular flexibility index (Phi) is 9.19. The van der Waals surface area contributed by atoms with Crippen LogP contribution in [0, 0.1) is 5.92 Å². The van der Waals surface area contributed by atoms with E-state index in [1.54, 1.807) is 4.90 Å². The van der Waals surface area contributed by atoms with Crippen LogP contribution < -0.4 is 10.6 Å². The first-order chi connectivity index (χ1) is 12.4. The Balaban J connectivity index is 2.52. The summed E-state index contributed by atoms with van der Waals surface area (Å²) < 4.78 is 5.15. The van der Waals surface area contributed by atoms with Crippen LogP contribution in [0.4, 0.5) is 4.79 Å². The summed E-state index contributed by atoms with van der Waals surface area (Å²) in [5.74, 6) is -0.711. The zero-order chi connectivity index (χ0) is 19.5. The van der Waals surface area contributed by atoms with Crippen molar-refractivity contribution in [3.8, 4) is 0 Å². The monoisotopic (exact) mass is 363 g/mol. The van der Waals surface area contributed by atoms with Crippen molar-refractivity contribution < 1.29 is 19.1 Å². The minimum Gasteiger partial charge on any atom is -0.445 e. The average molecular weight is 363 g/mol. The molecule has 0 saturated carbocycles. The Hall–Kier alpha value is -2.57. The maximum Gasteiger partial charge on any atom is 0.408 e. The zero-order valence-electron chi connectivity index (χ0n) is 16.0. The largest absolute Gasteiger partial charge is 0.445 e. The van der Waals surface area contributed by atoms with Crippen molar-refractivity contribution in [3.63, 3.8) is 0 Å². The standard InChI is InChI=1S/C19H29N3O4/c1-5-22(6-2)16(23)12-20-18(24)17(14(3)4)21-19(25)26-13-15-10-8-7-9-11-15/h7-11,14,17H,5-6,12-13H2,1-4H3,(H,20,24)(H,21,25)/t17-/m0/s1. The van der Waals surface area contributed by atoms with Gasteiger partial charge in [0.15, 0.2) is 0 Å². The number of likely N-dealkylation sites (N-methyl/N-ethyl adjacent to an activating group) is 1. The second-order valence-electron chi connectivity index (χ2n) is 6.21. The average Bonchev–Trinajstić information content (AvgIpc) is 2.64. The minimum atomic E-state index is -0.775. The highest BCUT2D eigenvalue weighted by Crippen LogP contribution is 2.04. The molecule has 0 spiro atoms. The molecule has 0 heterocycles. The molecule has 0 aliphatic rings. The van der Waals surface area contributed by atoms with Gasteiger partial charge in [0.1, 0.15) is 12.6 Å². The first kappa shape index (κ1) is 21.5. The number of carbonyl (C=O) groups excluding carboxylic acids is 3. The lowest BCUT2D eigenvalue weighted by molar-refractivity contribution is -0.133. The van der Waals surface area contributed by atoms with E-state index in [1.165, 1.54) is 0 Å². The molecule has 0 unspecified atom stereocenters. The molecule has 0 saturated heterocycles. The van der Waals surface area contributed by atoms with Crippen molar-refractivity contribution in [3.05, 3.63) is 35.9 Å². The third kappa shape index (κ3) is 7.13. The molecular weight excluding hydrogens is 334 g/mol. The quantitative estimate of drug-likeness (QED) is 0.702. The Morgan fingerprint density at radius 1 is 1.08 bits per heavy atom.